The topological polar surface area (TPSA) is 56.8 Å². The standard InChI is InChI=1S/C18H30N4O2/c1-16(20-18(23)19-8-13-24-2)14-21-9-11-22(12-10-21)15-17-6-4-3-5-7-17/h3-7,16H,8-15H2,1-2H3,(H2,19,20,23)/t16-/m0/s1. The normalized spacial score (nSPS) is 17.4. The van der Waals surface area contributed by atoms with E-state index in [-0.39, 0.29) is 12.1 Å². The number of carbonyl (C=O) groups is 1. The van der Waals surface area contributed by atoms with E-state index in [0.29, 0.717) is 13.2 Å². The highest BCUT2D eigenvalue weighted by atomic mass is 16.5. The van der Waals surface area contributed by atoms with E-state index in [1.165, 1.54) is 5.56 Å². The fraction of sp³-hybridized carbons (Fsp3) is 0.611. The lowest BCUT2D eigenvalue weighted by molar-refractivity contribution is 0.120. The zero-order valence-corrected chi connectivity index (χ0v) is 14.8. The third-order valence-corrected chi connectivity index (χ3v) is 4.22. The Labute approximate surface area is 145 Å². The quantitative estimate of drug-likeness (QED) is 0.700. The molecular weight excluding hydrogens is 304 g/mol. The lowest BCUT2D eigenvalue weighted by Gasteiger charge is -2.36. The van der Waals surface area contributed by atoms with E-state index >= 15 is 0 Å². The number of urea groups is 1. The Hall–Kier alpha value is -1.63. The van der Waals surface area contributed by atoms with Crippen LogP contribution in [0.3, 0.4) is 0 Å². The van der Waals surface area contributed by atoms with Gasteiger partial charge in [-0.1, -0.05) is 30.3 Å². The van der Waals surface area contributed by atoms with Crippen LogP contribution in [-0.4, -0.2) is 74.9 Å². The van der Waals surface area contributed by atoms with Crippen LogP contribution >= 0.6 is 0 Å². The Morgan fingerprint density at radius 1 is 1.17 bits per heavy atom. The second kappa shape index (κ2) is 10.3. The Morgan fingerprint density at radius 2 is 1.83 bits per heavy atom. The van der Waals surface area contributed by atoms with Crippen LogP contribution in [0.1, 0.15) is 12.5 Å². The molecule has 0 saturated carbocycles. The third-order valence-electron chi connectivity index (χ3n) is 4.22. The molecule has 1 fully saturated rings. The number of hydrogen-bond donors (Lipinski definition) is 2. The van der Waals surface area contributed by atoms with Crippen molar-refractivity contribution in [2.45, 2.75) is 19.5 Å². The van der Waals surface area contributed by atoms with Crippen LogP contribution in [0.5, 0.6) is 0 Å². The van der Waals surface area contributed by atoms with E-state index < -0.39 is 0 Å². The third kappa shape index (κ3) is 6.86. The van der Waals surface area contributed by atoms with Crippen molar-refractivity contribution < 1.29 is 9.53 Å². The fourth-order valence-corrected chi connectivity index (χ4v) is 2.95. The van der Waals surface area contributed by atoms with Crippen molar-refractivity contribution in [1.82, 2.24) is 20.4 Å². The molecule has 6 heteroatoms. The van der Waals surface area contributed by atoms with Crippen molar-refractivity contribution in [3.63, 3.8) is 0 Å². The zero-order valence-electron chi connectivity index (χ0n) is 14.8. The Kier molecular flexibility index (Phi) is 8.01. The lowest BCUT2D eigenvalue weighted by atomic mass is 10.2. The maximum absolute atomic E-state index is 11.7. The van der Waals surface area contributed by atoms with Crippen LogP contribution in [0.25, 0.3) is 0 Å². The number of nitrogens with zero attached hydrogens (tertiary/aromatic N) is 2. The van der Waals surface area contributed by atoms with Crippen LogP contribution in [0.4, 0.5) is 4.79 Å². The SMILES string of the molecule is COCCNC(=O)N[C@@H](C)CN1CCN(Cc2ccccc2)CC1. The molecule has 1 saturated heterocycles. The van der Waals surface area contributed by atoms with Gasteiger partial charge >= 0.3 is 6.03 Å². The largest absolute Gasteiger partial charge is 0.383 e. The van der Waals surface area contributed by atoms with Gasteiger partial charge < -0.3 is 15.4 Å². The predicted molar refractivity (Wildman–Crippen MR) is 96.0 cm³/mol. The molecule has 2 amide bonds. The van der Waals surface area contributed by atoms with Gasteiger partial charge in [-0.15, -0.1) is 0 Å². The van der Waals surface area contributed by atoms with Gasteiger partial charge in [0.05, 0.1) is 6.61 Å². The molecule has 1 aromatic rings. The molecule has 1 aliphatic rings. The van der Waals surface area contributed by atoms with Gasteiger partial charge in [-0.25, -0.2) is 4.79 Å². The van der Waals surface area contributed by atoms with E-state index in [2.05, 4.69) is 50.8 Å². The zero-order chi connectivity index (χ0) is 17.2. The van der Waals surface area contributed by atoms with Crippen LogP contribution < -0.4 is 10.6 Å². The first-order valence-corrected chi connectivity index (χ1v) is 8.69. The smallest absolute Gasteiger partial charge is 0.315 e. The van der Waals surface area contributed by atoms with Gasteiger partial charge in [0.1, 0.15) is 0 Å². The van der Waals surface area contributed by atoms with E-state index in [9.17, 15) is 4.79 Å². The number of benzene rings is 1. The summed E-state index contributed by atoms with van der Waals surface area (Å²) in [5.41, 5.74) is 1.37. The second-order valence-electron chi connectivity index (χ2n) is 6.36. The maximum Gasteiger partial charge on any atom is 0.315 e. The summed E-state index contributed by atoms with van der Waals surface area (Å²) < 4.78 is 4.92. The number of hydrogen-bond acceptors (Lipinski definition) is 4. The van der Waals surface area contributed by atoms with E-state index in [1.54, 1.807) is 7.11 Å². The number of nitrogens with one attached hydrogen (secondary N) is 2. The minimum Gasteiger partial charge on any atom is -0.383 e. The summed E-state index contributed by atoms with van der Waals surface area (Å²) in [4.78, 5) is 16.6. The predicted octanol–water partition coefficient (Wildman–Crippen LogP) is 1.14. The first-order valence-electron chi connectivity index (χ1n) is 8.69. The summed E-state index contributed by atoms with van der Waals surface area (Å²) in [5.74, 6) is 0. The number of rotatable bonds is 8. The molecule has 24 heavy (non-hydrogen) atoms. The molecule has 0 bridgehead atoms. The molecule has 1 heterocycles. The number of amides is 2. The molecule has 0 radical (unpaired) electrons. The van der Waals surface area contributed by atoms with Crippen LogP contribution in [0, 0.1) is 0 Å². The van der Waals surface area contributed by atoms with Crippen molar-refractivity contribution in [2.24, 2.45) is 0 Å². The van der Waals surface area contributed by atoms with Gasteiger partial charge in [-0.2, -0.15) is 0 Å². The highest BCUT2D eigenvalue weighted by Crippen LogP contribution is 2.08. The molecule has 1 atom stereocenters. The number of methoxy groups -OCH3 is 1. The minimum absolute atomic E-state index is 0.123. The Morgan fingerprint density at radius 3 is 2.50 bits per heavy atom. The van der Waals surface area contributed by atoms with Crippen molar-refractivity contribution in [3.05, 3.63) is 35.9 Å². The van der Waals surface area contributed by atoms with E-state index in [4.69, 9.17) is 4.74 Å². The summed E-state index contributed by atoms with van der Waals surface area (Å²) in [6.07, 6.45) is 0. The van der Waals surface area contributed by atoms with Crippen molar-refractivity contribution >= 4 is 6.03 Å². The molecule has 0 spiro atoms. The molecule has 0 aliphatic carbocycles. The van der Waals surface area contributed by atoms with Gasteiger partial charge in [0.25, 0.3) is 0 Å². The Balaban J connectivity index is 1.62. The number of piperazine rings is 1. The first-order chi connectivity index (χ1) is 11.7. The number of ether oxygens (including phenoxy) is 1. The van der Waals surface area contributed by atoms with Crippen LogP contribution in [-0.2, 0) is 11.3 Å². The monoisotopic (exact) mass is 334 g/mol. The van der Waals surface area contributed by atoms with Gasteiger partial charge in [-0.05, 0) is 12.5 Å². The fourth-order valence-electron chi connectivity index (χ4n) is 2.95. The molecule has 2 N–H and O–H groups in total. The summed E-state index contributed by atoms with van der Waals surface area (Å²) in [6, 6.07) is 10.6. The van der Waals surface area contributed by atoms with Gasteiger partial charge in [-0.3, -0.25) is 9.80 Å². The first kappa shape index (κ1) is 18.7. The van der Waals surface area contributed by atoms with Crippen LogP contribution in [0.15, 0.2) is 30.3 Å². The van der Waals surface area contributed by atoms with Gasteiger partial charge in [0.15, 0.2) is 0 Å². The summed E-state index contributed by atoms with van der Waals surface area (Å²) in [5, 5.41) is 5.76. The number of carbonyl (C=O) groups excluding carboxylic acids is 1. The van der Waals surface area contributed by atoms with Crippen LogP contribution in [0.2, 0.25) is 0 Å². The average Bonchev–Trinajstić information content (AvgIpc) is 2.58. The van der Waals surface area contributed by atoms with E-state index in [1.807, 2.05) is 6.92 Å². The summed E-state index contributed by atoms with van der Waals surface area (Å²) in [7, 11) is 1.62. The molecule has 0 unspecified atom stereocenters. The van der Waals surface area contributed by atoms with Crippen molar-refractivity contribution in [1.29, 1.82) is 0 Å². The van der Waals surface area contributed by atoms with Crippen molar-refractivity contribution in [3.8, 4) is 0 Å². The lowest BCUT2D eigenvalue weighted by Crippen LogP contribution is -2.51. The highest BCUT2D eigenvalue weighted by Gasteiger charge is 2.19. The second-order valence-corrected chi connectivity index (χ2v) is 6.36. The molecular formula is C18H30N4O2. The molecule has 0 aromatic heterocycles. The highest BCUT2D eigenvalue weighted by molar-refractivity contribution is 5.74. The summed E-state index contributed by atoms with van der Waals surface area (Å²) >= 11 is 0. The maximum atomic E-state index is 11.7. The molecule has 1 aromatic carbocycles. The molecule has 134 valence electrons. The molecule has 2 rings (SSSR count). The molecule has 6 nitrogen and oxygen atoms in total. The Bertz CT molecular complexity index is 475. The average molecular weight is 334 g/mol. The van der Waals surface area contributed by atoms with Gasteiger partial charge in [0.2, 0.25) is 0 Å². The van der Waals surface area contributed by atoms with E-state index in [0.717, 1.165) is 39.3 Å². The van der Waals surface area contributed by atoms with Gasteiger partial charge in [0, 0.05) is 59.0 Å². The summed E-state index contributed by atoms with van der Waals surface area (Å²) in [6.45, 7) is 9.25. The van der Waals surface area contributed by atoms with Crippen molar-refractivity contribution in [2.75, 3.05) is 53.0 Å². The molecule has 1 aliphatic heterocycles. The minimum atomic E-state index is -0.123.